The first-order valence-electron chi connectivity index (χ1n) is 13.4. The molecule has 1 saturated carbocycles. The van der Waals surface area contributed by atoms with Crippen molar-refractivity contribution in [2.45, 2.75) is 69.6 Å². The van der Waals surface area contributed by atoms with Gasteiger partial charge in [0.05, 0.1) is 0 Å². The first-order chi connectivity index (χ1) is 18.0. The molecule has 1 aliphatic carbocycles. The molecule has 4 aromatic carbocycles. The Balaban J connectivity index is 0.000000283. The number of rotatable bonds is 4. The van der Waals surface area contributed by atoms with Crippen molar-refractivity contribution in [2.75, 3.05) is 0 Å². The van der Waals surface area contributed by atoms with Crippen molar-refractivity contribution in [1.82, 2.24) is 0 Å². The molecule has 0 aromatic heterocycles. The van der Waals surface area contributed by atoms with Crippen molar-refractivity contribution in [2.24, 2.45) is 5.41 Å². The molecule has 5 rings (SSSR count). The van der Waals surface area contributed by atoms with Gasteiger partial charge in [-0.2, -0.15) is 0 Å². The van der Waals surface area contributed by atoms with Gasteiger partial charge in [-0.25, -0.2) is 0 Å². The zero-order chi connectivity index (χ0) is 27.4. The number of hydrogen-bond donors (Lipinski definition) is 1. The van der Waals surface area contributed by atoms with Crippen molar-refractivity contribution in [3.63, 3.8) is 0 Å². The molecule has 1 fully saturated rings. The summed E-state index contributed by atoms with van der Waals surface area (Å²) in [5.41, 5.74) is 4.64. The average Bonchev–Trinajstić information content (AvgIpc) is 3.23. The minimum absolute atomic E-state index is 0.00338. The average molecular weight is 526 g/mol. The molecule has 1 aliphatic rings. The molecule has 0 aliphatic heterocycles. The van der Waals surface area contributed by atoms with Gasteiger partial charge in [0.15, 0.2) is 0 Å². The summed E-state index contributed by atoms with van der Waals surface area (Å²) < 4.78 is 5.99. The van der Waals surface area contributed by atoms with E-state index in [1.54, 1.807) is 0 Å². The number of ether oxygens (including phenoxy) is 1. The molecule has 0 heterocycles. The van der Waals surface area contributed by atoms with Gasteiger partial charge in [0, 0.05) is 22.4 Å². The quantitative estimate of drug-likeness (QED) is 0.209. The lowest BCUT2D eigenvalue weighted by Crippen LogP contribution is -2.25. The molecule has 0 amide bonds. The summed E-state index contributed by atoms with van der Waals surface area (Å²) in [6, 6.07) is 34.9. The first-order valence-corrected chi connectivity index (χ1v) is 13.9. The van der Waals surface area contributed by atoms with Gasteiger partial charge in [-0.05, 0) is 95.3 Å². The van der Waals surface area contributed by atoms with Crippen LogP contribution < -0.4 is 4.74 Å². The third-order valence-electron chi connectivity index (χ3n) is 7.57. The van der Waals surface area contributed by atoms with Crippen LogP contribution >= 0.6 is 12.6 Å². The molecule has 0 spiro atoms. The summed E-state index contributed by atoms with van der Waals surface area (Å²) in [5, 5.41) is 7.84. The summed E-state index contributed by atoms with van der Waals surface area (Å²) in [5.74, 6) is 2.21. The smallest absolute Gasteiger partial charge is 0.253 e. The fourth-order valence-corrected chi connectivity index (χ4v) is 5.57. The summed E-state index contributed by atoms with van der Waals surface area (Å²) in [7, 11) is 0. The van der Waals surface area contributed by atoms with E-state index in [2.05, 4.69) is 114 Å². The monoisotopic (exact) mass is 525 g/mol. The summed E-state index contributed by atoms with van der Waals surface area (Å²) in [4.78, 5) is 0.923. The standard InChI is InChI=1S/C25H26O2S.C10H14/c1-24(2)15-16-25(17-24,18-3-7-20(26)8-4-18)19-5-9-21(10-6-19)27-22-11-13-23(28)14-12-22;1-10(2,3)9-7-5-4-6-8-9/h3-14,26,28H,15-17H2,1-2H3;4-8H,1-3H3/p+1. The van der Waals surface area contributed by atoms with E-state index in [9.17, 15) is 0 Å². The lowest BCUT2D eigenvalue weighted by molar-refractivity contribution is 0.356. The summed E-state index contributed by atoms with van der Waals surface area (Å²) in [6.45, 7) is 11.4. The highest BCUT2D eigenvalue weighted by molar-refractivity contribution is 7.80. The Hall–Kier alpha value is -3.17. The van der Waals surface area contributed by atoms with Gasteiger partial charge >= 0.3 is 0 Å². The second kappa shape index (κ2) is 11.3. The van der Waals surface area contributed by atoms with Crippen molar-refractivity contribution in [1.29, 1.82) is 0 Å². The van der Waals surface area contributed by atoms with Crippen LogP contribution in [-0.2, 0) is 10.8 Å². The molecule has 198 valence electrons. The molecular formula is C35H41O2S+. The fourth-order valence-electron chi connectivity index (χ4n) is 5.42. The van der Waals surface area contributed by atoms with Gasteiger partial charge in [-0.15, -0.1) is 12.6 Å². The minimum Gasteiger partial charge on any atom is -0.593 e. The Bertz CT molecular complexity index is 1300. The Kier molecular flexibility index (Phi) is 8.28. The molecule has 2 nitrogen and oxygen atoms in total. The maximum absolute atomic E-state index is 7.84. The van der Waals surface area contributed by atoms with E-state index < -0.39 is 0 Å². The van der Waals surface area contributed by atoms with Gasteiger partial charge in [0.2, 0.25) is 0 Å². The van der Waals surface area contributed by atoms with Crippen LogP contribution in [0.2, 0.25) is 0 Å². The zero-order valence-electron chi connectivity index (χ0n) is 23.3. The largest absolute Gasteiger partial charge is 0.593 e. The second-order valence-electron chi connectivity index (χ2n) is 12.2. The lowest BCUT2D eigenvalue weighted by atomic mass is 9.71. The van der Waals surface area contributed by atoms with Crippen LogP contribution in [0.1, 0.15) is 70.6 Å². The SMILES string of the molecule is CC(C)(C)c1ccccc1.CC1(C)CCC(c2ccc([OH2+])cc2)(c2ccc(Oc3ccc(S)cc3)cc2)C1. The van der Waals surface area contributed by atoms with E-state index in [1.807, 2.05) is 36.4 Å². The molecule has 0 radical (unpaired) electrons. The van der Waals surface area contributed by atoms with Crippen LogP contribution in [0.25, 0.3) is 0 Å². The van der Waals surface area contributed by atoms with Gasteiger partial charge in [0.25, 0.3) is 5.75 Å². The number of hydrogen-bond acceptors (Lipinski definition) is 2. The van der Waals surface area contributed by atoms with Crippen molar-refractivity contribution < 1.29 is 9.84 Å². The van der Waals surface area contributed by atoms with E-state index >= 15 is 0 Å². The molecule has 1 atom stereocenters. The van der Waals surface area contributed by atoms with Gasteiger partial charge in [-0.3, -0.25) is 0 Å². The molecule has 38 heavy (non-hydrogen) atoms. The predicted octanol–water partition coefficient (Wildman–Crippen LogP) is 9.69. The molecule has 4 aromatic rings. The van der Waals surface area contributed by atoms with Gasteiger partial charge < -0.3 is 9.84 Å². The van der Waals surface area contributed by atoms with Crippen molar-refractivity contribution in [3.05, 3.63) is 120 Å². The lowest BCUT2D eigenvalue weighted by Gasteiger charge is -2.32. The fraction of sp³-hybridized carbons (Fsp3) is 0.314. The van der Waals surface area contributed by atoms with Gasteiger partial charge in [0.1, 0.15) is 11.5 Å². The normalized spacial score (nSPS) is 18.4. The molecule has 0 saturated heterocycles. The highest BCUT2D eigenvalue weighted by Crippen LogP contribution is 2.54. The Labute approximate surface area is 234 Å². The van der Waals surface area contributed by atoms with Gasteiger partial charge in [-0.1, -0.05) is 77.1 Å². The van der Waals surface area contributed by atoms with Crippen LogP contribution in [-0.4, -0.2) is 5.11 Å². The van der Waals surface area contributed by atoms with E-state index in [0.717, 1.165) is 29.2 Å². The highest BCUT2D eigenvalue weighted by Gasteiger charge is 2.45. The topological polar surface area (TPSA) is 32.1 Å². The number of benzene rings is 4. The predicted molar refractivity (Wildman–Crippen MR) is 163 cm³/mol. The Morgan fingerprint density at radius 2 is 1.18 bits per heavy atom. The van der Waals surface area contributed by atoms with Crippen molar-refractivity contribution >= 4 is 12.6 Å². The molecule has 2 N–H and O–H groups in total. The number of thiol groups is 1. The molecule has 1 unspecified atom stereocenters. The molecule has 3 heteroatoms. The summed E-state index contributed by atoms with van der Waals surface area (Å²) in [6.07, 6.45) is 3.44. The Morgan fingerprint density at radius 3 is 1.63 bits per heavy atom. The highest BCUT2D eigenvalue weighted by atomic mass is 32.1. The molecular weight excluding hydrogens is 484 g/mol. The third-order valence-corrected chi connectivity index (χ3v) is 7.86. The van der Waals surface area contributed by atoms with Crippen LogP contribution in [0.15, 0.2) is 108 Å². The van der Waals surface area contributed by atoms with E-state index in [-0.39, 0.29) is 5.41 Å². The van der Waals surface area contributed by atoms with Crippen LogP contribution in [0.4, 0.5) is 0 Å². The van der Waals surface area contributed by atoms with E-state index in [0.29, 0.717) is 16.6 Å². The second-order valence-corrected chi connectivity index (χ2v) is 12.8. The zero-order valence-corrected chi connectivity index (χ0v) is 24.2. The van der Waals surface area contributed by atoms with Crippen LogP contribution in [0.3, 0.4) is 0 Å². The van der Waals surface area contributed by atoms with Crippen LogP contribution in [0, 0.1) is 5.41 Å². The third kappa shape index (κ3) is 6.82. The maximum atomic E-state index is 7.84. The Morgan fingerprint density at radius 1 is 0.684 bits per heavy atom. The van der Waals surface area contributed by atoms with Crippen molar-refractivity contribution in [3.8, 4) is 17.2 Å². The minimum atomic E-state index is 0.00338. The summed E-state index contributed by atoms with van der Waals surface area (Å²) >= 11 is 4.32. The van der Waals surface area contributed by atoms with Crippen LogP contribution in [0.5, 0.6) is 17.2 Å². The maximum Gasteiger partial charge on any atom is 0.253 e. The first kappa shape index (κ1) is 27.9. The van der Waals surface area contributed by atoms with E-state index in [1.165, 1.54) is 23.1 Å². The van der Waals surface area contributed by atoms with E-state index in [4.69, 9.17) is 9.84 Å². The molecule has 0 bridgehead atoms.